The van der Waals surface area contributed by atoms with Crippen LogP contribution in [0.2, 0.25) is 0 Å². The van der Waals surface area contributed by atoms with Gasteiger partial charge in [-0.3, -0.25) is 9.52 Å². The summed E-state index contributed by atoms with van der Waals surface area (Å²) in [5.41, 5.74) is 1.68. The number of hydrogen-bond acceptors (Lipinski definition) is 6. The van der Waals surface area contributed by atoms with E-state index < -0.39 is 16.0 Å². The average Bonchev–Trinajstić information content (AvgIpc) is 3.05. The molecule has 4 rings (SSSR count). The highest BCUT2D eigenvalue weighted by atomic mass is 32.2. The van der Waals surface area contributed by atoms with Crippen molar-refractivity contribution in [3.63, 3.8) is 0 Å². The second-order valence-corrected chi connectivity index (χ2v) is 8.71. The molecule has 2 N–H and O–H groups in total. The Bertz CT molecular complexity index is 1440. The van der Waals surface area contributed by atoms with Gasteiger partial charge in [-0.05, 0) is 42.5 Å². The molecule has 1 amide bonds. The Morgan fingerprint density at radius 3 is 2.42 bits per heavy atom. The highest BCUT2D eigenvalue weighted by Gasteiger charge is 2.18. The van der Waals surface area contributed by atoms with Crippen LogP contribution in [0.5, 0.6) is 5.75 Å². The summed E-state index contributed by atoms with van der Waals surface area (Å²) in [5.74, 6) is -0.856. The van der Waals surface area contributed by atoms with Crippen molar-refractivity contribution in [2.75, 3.05) is 16.3 Å². The fraction of sp³-hybridized carbons (Fsp3) is 0.0909. The largest absolute Gasteiger partial charge is 0.456 e. The minimum absolute atomic E-state index is 0.0384. The molecule has 1 aromatic heterocycles. The van der Waals surface area contributed by atoms with Crippen molar-refractivity contribution in [2.24, 2.45) is 0 Å². The average molecular weight is 438 g/mol. The number of anilines is 2. The lowest BCUT2D eigenvalue weighted by atomic mass is 10.1. The Morgan fingerprint density at radius 1 is 0.935 bits per heavy atom. The lowest BCUT2D eigenvalue weighted by molar-refractivity contribution is -0.114. The van der Waals surface area contributed by atoms with Crippen LogP contribution in [0.15, 0.2) is 65.1 Å². The topological polar surface area (TPSA) is 115 Å². The van der Waals surface area contributed by atoms with Gasteiger partial charge < -0.3 is 14.5 Å². The van der Waals surface area contributed by atoms with Gasteiger partial charge in [-0.1, -0.05) is 18.2 Å². The third-order valence-corrected chi connectivity index (χ3v) is 5.00. The molecule has 158 valence electrons. The standard InChI is InChI=1S/C22H18N2O6S/c1-13(25)23-14-7-9-19(24-31(2,27)28)18(11-14)22(26)29-15-8-10-21-17(12-15)16-5-3-4-6-20(16)30-21/h3-12,24H,1-2H3,(H,23,25). The molecule has 0 saturated heterocycles. The second kappa shape index (κ2) is 7.77. The van der Waals surface area contributed by atoms with E-state index in [9.17, 15) is 18.0 Å². The Hall–Kier alpha value is -3.85. The van der Waals surface area contributed by atoms with E-state index in [0.29, 0.717) is 16.9 Å². The summed E-state index contributed by atoms with van der Waals surface area (Å²) in [5, 5.41) is 4.22. The molecule has 8 nitrogen and oxygen atoms in total. The molecule has 0 fully saturated rings. The SMILES string of the molecule is CC(=O)Nc1ccc(NS(C)(=O)=O)c(C(=O)Oc2ccc3oc4ccccc4c3c2)c1. The van der Waals surface area contributed by atoms with Crippen LogP contribution in [-0.4, -0.2) is 26.6 Å². The number of fused-ring (bicyclic) bond motifs is 3. The second-order valence-electron chi connectivity index (χ2n) is 6.96. The zero-order valence-corrected chi connectivity index (χ0v) is 17.4. The number of sulfonamides is 1. The summed E-state index contributed by atoms with van der Waals surface area (Å²) in [6, 6.07) is 16.7. The van der Waals surface area contributed by atoms with Gasteiger partial charge in [-0.2, -0.15) is 0 Å². The number of benzene rings is 3. The molecule has 0 bridgehead atoms. The minimum atomic E-state index is -3.65. The van der Waals surface area contributed by atoms with Gasteiger partial charge in [0.15, 0.2) is 0 Å². The van der Waals surface area contributed by atoms with Crippen LogP contribution in [0.4, 0.5) is 11.4 Å². The van der Waals surface area contributed by atoms with Crippen LogP contribution >= 0.6 is 0 Å². The molecule has 0 saturated carbocycles. The lowest BCUT2D eigenvalue weighted by Crippen LogP contribution is -2.17. The Kier molecular flexibility index (Phi) is 5.12. The fourth-order valence-electron chi connectivity index (χ4n) is 3.21. The predicted molar refractivity (Wildman–Crippen MR) is 118 cm³/mol. The molecule has 4 aromatic rings. The van der Waals surface area contributed by atoms with Gasteiger partial charge in [0.05, 0.1) is 17.5 Å². The molecule has 9 heteroatoms. The summed E-state index contributed by atoms with van der Waals surface area (Å²) in [7, 11) is -3.65. The van der Waals surface area contributed by atoms with Gasteiger partial charge in [0.1, 0.15) is 16.9 Å². The van der Waals surface area contributed by atoms with Gasteiger partial charge >= 0.3 is 5.97 Å². The van der Waals surface area contributed by atoms with Crippen LogP contribution in [0.3, 0.4) is 0 Å². The first-order valence-electron chi connectivity index (χ1n) is 9.22. The Morgan fingerprint density at radius 2 is 1.68 bits per heavy atom. The van der Waals surface area contributed by atoms with Crippen molar-refractivity contribution in [2.45, 2.75) is 6.92 Å². The third kappa shape index (κ3) is 4.51. The first kappa shape index (κ1) is 20.4. The van der Waals surface area contributed by atoms with Crippen molar-refractivity contribution >= 4 is 55.2 Å². The van der Waals surface area contributed by atoms with E-state index in [0.717, 1.165) is 17.0 Å². The van der Waals surface area contributed by atoms with Crippen LogP contribution in [-0.2, 0) is 14.8 Å². The third-order valence-electron chi connectivity index (χ3n) is 4.41. The summed E-state index contributed by atoms with van der Waals surface area (Å²) in [6.07, 6.45) is 0.974. The smallest absolute Gasteiger partial charge is 0.345 e. The van der Waals surface area contributed by atoms with Crippen LogP contribution < -0.4 is 14.8 Å². The summed E-state index contributed by atoms with van der Waals surface area (Å²) in [4.78, 5) is 24.3. The van der Waals surface area contributed by atoms with E-state index in [2.05, 4.69) is 10.0 Å². The number of esters is 1. The highest BCUT2D eigenvalue weighted by molar-refractivity contribution is 7.92. The molecular formula is C22H18N2O6S. The maximum absolute atomic E-state index is 12.9. The van der Waals surface area contributed by atoms with Crippen LogP contribution in [0.25, 0.3) is 21.9 Å². The maximum atomic E-state index is 12.9. The normalized spacial score (nSPS) is 11.4. The molecule has 1 heterocycles. The van der Waals surface area contributed by atoms with Crippen molar-refractivity contribution < 1.29 is 27.2 Å². The van der Waals surface area contributed by atoms with E-state index in [-0.39, 0.29) is 22.9 Å². The van der Waals surface area contributed by atoms with Crippen LogP contribution in [0.1, 0.15) is 17.3 Å². The number of para-hydroxylation sites is 1. The van der Waals surface area contributed by atoms with Gasteiger partial charge in [0.2, 0.25) is 15.9 Å². The summed E-state index contributed by atoms with van der Waals surface area (Å²) < 4.78 is 37.0. The number of ether oxygens (including phenoxy) is 1. The Labute approximate surface area is 177 Å². The molecule has 0 aliphatic rings. The van der Waals surface area contributed by atoms with Crippen molar-refractivity contribution in [3.05, 3.63) is 66.2 Å². The lowest BCUT2D eigenvalue weighted by Gasteiger charge is -2.12. The molecule has 3 aromatic carbocycles. The number of carbonyl (C=O) groups excluding carboxylic acids is 2. The van der Waals surface area contributed by atoms with Gasteiger partial charge in [-0.15, -0.1) is 0 Å². The van der Waals surface area contributed by atoms with Crippen molar-refractivity contribution in [1.29, 1.82) is 0 Å². The molecule has 0 radical (unpaired) electrons. The van der Waals surface area contributed by atoms with E-state index in [1.807, 2.05) is 24.3 Å². The van der Waals surface area contributed by atoms with Crippen molar-refractivity contribution in [1.82, 2.24) is 0 Å². The molecule has 31 heavy (non-hydrogen) atoms. The van der Waals surface area contributed by atoms with E-state index in [1.165, 1.54) is 25.1 Å². The summed E-state index contributed by atoms with van der Waals surface area (Å²) in [6.45, 7) is 1.32. The number of carbonyl (C=O) groups is 2. The van der Waals surface area contributed by atoms with E-state index in [4.69, 9.17) is 9.15 Å². The first-order valence-corrected chi connectivity index (χ1v) is 11.1. The minimum Gasteiger partial charge on any atom is -0.456 e. The van der Waals surface area contributed by atoms with Gasteiger partial charge in [-0.25, -0.2) is 13.2 Å². The van der Waals surface area contributed by atoms with Crippen LogP contribution in [0, 0.1) is 0 Å². The van der Waals surface area contributed by atoms with Gasteiger partial charge in [0, 0.05) is 23.4 Å². The number of hydrogen-bond donors (Lipinski definition) is 2. The number of nitrogens with one attached hydrogen (secondary N) is 2. The zero-order chi connectivity index (χ0) is 22.2. The molecule has 0 atom stereocenters. The number of amides is 1. The highest BCUT2D eigenvalue weighted by Crippen LogP contribution is 2.32. The fourth-order valence-corrected chi connectivity index (χ4v) is 3.79. The zero-order valence-electron chi connectivity index (χ0n) is 16.6. The van der Waals surface area contributed by atoms with E-state index in [1.54, 1.807) is 18.2 Å². The molecule has 0 unspecified atom stereocenters. The number of furan rings is 1. The molecule has 0 aliphatic heterocycles. The summed E-state index contributed by atoms with van der Waals surface area (Å²) >= 11 is 0. The number of rotatable bonds is 5. The molecular weight excluding hydrogens is 420 g/mol. The predicted octanol–water partition coefficient (Wildman–Crippen LogP) is 4.14. The first-order chi connectivity index (χ1) is 14.7. The monoisotopic (exact) mass is 438 g/mol. The maximum Gasteiger partial charge on any atom is 0.345 e. The Balaban J connectivity index is 1.71. The molecule has 0 spiro atoms. The quantitative estimate of drug-likeness (QED) is 0.358. The van der Waals surface area contributed by atoms with Gasteiger partial charge in [0.25, 0.3) is 0 Å². The van der Waals surface area contributed by atoms with E-state index >= 15 is 0 Å². The van der Waals surface area contributed by atoms with Crippen molar-refractivity contribution in [3.8, 4) is 5.75 Å². The molecule has 0 aliphatic carbocycles.